The Bertz CT molecular complexity index is 515. The molecule has 0 unspecified atom stereocenters. The molecule has 0 fully saturated rings. The van der Waals surface area contributed by atoms with E-state index in [-0.39, 0.29) is 0 Å². The number of benzene rings is 1. The fraction of sp³-hybridized carbons (Fsp3) is 0.273. The molecule has 0 saturated carbocycles. The van der Waals surface area contributed by atoms with Gasteiger partial charge in [0.25, 0.3) is 5.89 Å². The second-order valence-corrected chi connectivity index (χ2v) is 5.10. The van der Waals surface area contributed by atoms with Crippen molar-refractivity contribution in [3.05, 3.63) is 29.0 Å². The van der Waals surface area contributed by atoms with Gasteiger partial charge in [-0.1, -0.05) is 23.7 Å². The van der Waals surface area contributed by atoms with Crippen LogP contribution in [0, 0.1) is 0 Å². The molecule has 1 aromatic carbocycles. The summed E-state index contributed by atoms with van der Waals surface area (Å²) in [5.74, 6) is 2.88. The first-order valence-electron chi connectivity index (χ1n) is 5.16. The molecule has 0 atom stereocenters. The van der Waals surface area contributed by atoms with Crippen LogP contribution in [0.5, 0.6) is 0 Å². The Hall–Kier alpha value is -1.20. The van der Waals surface area contributed by atoms with Gasteiger partial charge in [0.15, 0.2) is 5.82 Å². The highest BCUT2D eigenvalue weighted by Crippen LogP contribution is 2.27. The zero-order valence-electron chi connectivity index (χ0n) is 9.31. The summed E-state index contributed by atoms with van der Waals surface area (Å²) >= 11 is 7.57. The number of hydrogen-bond acceptors (Lipinski definition) is 5. The highest BCUT2D eigenvalue weighted by Gasteiger charge is 2.11. The van der Waals surface area contributed by atoms with Gasteiger partial charge in [-0.2, -0.15) is 16.7 Å². The third-order valence-corrected chi connectivity index (χ3v) is 3.25. The van der Waals surface area contributed by atoms with Crippen LogP contribution in [-0.4, -0.2) is 15.9 Å². The van der Waals surface area contributed by atoms with Gasteiger partial charge in [0.1, 0.15) is 0 Å². The van der Waals surface area contributed by atoms with Crippen LogP contribution in [0.15, 0.2) is 22.7 Å². The van der Waals surface area contributed by atoms with Gasteiger partial charge in [-0.15, -0.1) is 0 Å². The van der Waals surface area contributed by atoms with Gasteiger partial charge in [-0.05, 0) is 24.0 Å². The molecule has 0 aliphatic rings. The molecule has 0 spiro atoms. The first kappa shape index (κ1) is 12.3. The number of nitrogen functional groups attached to an aromatic ring is 1. The van der Waals surface area contributed by atoms with Crippen molar-refractivity contribution >= 4 is 29.1 Å². The zero-order chi connectivity index (χ0) is 12.3. The Morgan fingerprint density at radius 2 is 2.29 bits per heavy atom. The molecule has 0 bridgehead atoms. The van der Waals surface area contributed by atoms with Crippen LogP contribution in [0.4, 0.5) is 5.69 Å². The average Bonchev–Trinajstić information content (AvgIpc) is 2.75. The Labute approximate surface area is 109 Å². The predicted octanol–water partition coefficient (Wildman–Crippen LogP) is 3.23. The fourth-order valence-electron chi connectivity index (χ4n) is 1.34. The van der Waals surface area contributed by atoms with E-state index in [0.717, 1.165) is 17.1 Å². The molecular weight excluding hydrogens is 258 g/mol. The average molecular weight is 270 g/mol. The van der Waals surface area contributed by atoms with Crippen LogP contribution in [0.25, 0.3) is 11.5 Å². The van der Waals surface area contributed by atoms with Crippen molar-refractivity contribution in [2.24, 2.45) is 0 Å². The summed E-state index contributed by atoms with van der Waals surface area (Å²) in [6.45, 7) is 2.09. The monoisotopic (exact) mass is 269 g/mol. The molecule has 2 N–H and O–H groups in total. The van der Waals surface area contributed by atoms with Crippen molar-refractivity contribution in [2.75, 3.05) is 11.5 Å². The minimum atomic E-state index is 0.436. The normalized spacial score (nSPS) is 10.7. The lowest BCUT2D eigenvalue weighted by Crippen LogP contribution is -1.90. The second kappa shape index (κ2) is 5.42. The van der Waals surface area contributed by atoms with E-state index in [1.54, 1.807) is 30.0 Å². The second-order valence-electron chi connectivity index (χ2n) is 3.38. The number of halogens is 1. The van der Waals surface area contributed by atoms with Crippen molar-refractivity contribution in [3.8, 4) is 11.5 Å². The Morgan fingerprint density at radius 1 is 1.47 bits per heavy atom. The summed E-state index contributed by atoms with van der Waals surface area (Å²) in [6, 6.07) is 5.20. The number of nitrogens with zero attached hydrogens (tertiary/aromatic N) is 2. The smallest absolute Gasteiger partial charge is 0.260 e. The van der Waals surface area contributed by atoms with E-state index in [2.05, 4.69) is 17.1 Å². The molecule has 2 rings (SSSR count). The maximum atomic E-state index is 5.85. The molecule has 0 saturated heterocycles. The summed E-state index contributed by atoms with van der Waals surface area (Å²) < 4.78 is 5.17. The third kappa shape index (κ3) is 2.92. The summed E-state index contributed by atoms with van der Waals surface area (Å²) in [5.41, 5.74) is 7.10. The molecule has 17 heavy (non-hydrogen) atoms. The highest BCUT2D eigenvalue weighted by atomic mass is 35.5. The zero-order valence-corrected chi connectivity index (χ0v) is 10.9. The maximum Gasteiger partial charge on any atom is 0.260 e. The maximum absolute atomic E-state index is 5.85. The Morgan fingerprint density at radius 3 is 3.00 bits per heavy atom. The number of nitrogens with two attached hydrogens (primary N) is 1. The SMILES string of the molecule is CCSCc1noc(-c2ccc(Cl)cc2N)n1. The van der Waals surface area contributed by atoms with Crippen molar-refractivity contribution in [3.63, 3.8) is 0 Å². The van der Waals surface area contributed by atoms with E-state index in [9.17, 15) is 0 Å². The van der Waals surface area contributed by atoms with Crippen molar-refractivity contribution < 1.29 is 4.52 Å². The van der Waals surface area contributed by atoms with E-state index in [4.69, 9.17) is 21.9 Å². The quantitative estimate of drug-likeness (QED) is 0.864. The van der Waals surface area contributed by atoms with Crippen LogP contribution in [0.2, 0.25) is 5.02 Å². The van der Waals surface area contributed by atoms with Gasteiger partial charge in [0.2, 0.25) is 0 Å². The highest BCUT2D eigenvalue weighted by molar-refractivity contribution is 7.98. The van der Waals surface area contributed by atoms with Crippen LogP contribution in [0.1, 0.15) is 12.7 Å². The van der Waals surface area contributed by atoms with E-state index in [0.29, 0.717) is 22.4 Å². The largest absolute Gasteiger partial charge is 0.398 e. The number of thioether (sulfide) groups is 1. The Kier molecular flexibility index (Phi) is 3.91. The molecule has 1 heterocycles. The summed E-state index contributed by atoms with van der Waals surface area (Å²) in [5, 5.41) is 4.49. The van der Waals surface area contributed by atoms with Crippen molar-refractivity contribution in [2.45, 2.75) is 12.7 Å². The number of anilines is 1. The standard InChI is InChI=1S/C11H12ClN3OS/c1-2-17-6-10-14-11(16-15-10)8-4-3-7(12)5-9(8)13/h3-5H,2,6,13H2,1H3. The lowest BCUT2D eigenvalue weighted by atomic mass is 10.2. The Balaban J connectivity index is 2.24. The van der Waals surface area contributed by atoms with E-state index in [1.807, 2.05) is 0 Å². The van der Waals surface area contributed by atoms with Crippen molar-refractivity contribution in [1.82, 2.24) is 10.1 Å². The molecule has 0 amide bonds. The number of aromatic nitrogens is 2. The van der Waals surface area contributed by atoms with Gasteiger partial charge in [0.05, 0.1) is 11.3 Å². The molecule has 4 nitrogen and oxygen atoms in total. The molecular formula is C11H12ClN3OS. The van der Waals surface area contributed by atoms with Crippen LogP contribution in [0.3, 0.4) is 0 Å². The summed E-state index contributed by atoms with van der Waals surface area (Å²) in [7, 11) is 0. The van der Waals surface area contributed by atoms with Gasteiger partial charge in [-0.3, -0.25) is 0 Å². The minimum absolute atomic E-state index is 0.436. The van der Waals surface area contributed by atoms with E-state index < -0.39 is 0 Å². The van der Waals surface area contributed by atoms with Gasteiger partial charge in [-0.25, -0.2) is 0 Å². The molecule has 90 valence electrons. The van der Waals surface area contributed by atoms with Crippen molar-refractivity contribution in [1.29, 1.82) is 0 Å². The first-order valence-corrected chi connectivity index (χ1v) is 6.69. The third-order valence-electron chi connectivity index (χ3n) is 2.15. The first-order chi connectivity index (χ1) is 8.20. The molecule has 0 radical (unpaired) electrons. The van der Waals surface area contributed by atoms with Crippen LogP contribution in [-0.2, 0) is 5.75 Å². The molecule has 2 aromatic rings. The van der Waals surface area contributed by atoms with E-state index >= 15 is 0 Å². The summed E-state index contributed by atoms with van der Waals surface area (Å²) in [6.07, 6.45) is 0. The van der Waals surface area contributed by atoms with Gasteiger partial charge >= 0.3 is 0 Å². The molecule has 6 heteroatoms. The lowest BCUT2D eigenvalue weighted by molar-refractivity contribution is 0.425. The molecule has 1 aromatic heterocycles. The predicted molar refractivity (Wildman–Crippen MR) is 71.0 cm³/mol. The number of rotatable bonds is 4. The van der Waals surface area contributed by atoms with Crippen LogP contribution >= 0.6 is 23.4 Å². The van der Waals surface area contributed by atoms with Gasteiger partial charge < -0.3 is 10.3 Å². The summed E-state index contributed by atoms with van der Waals surface area (Å²) in [4.78, 5) is 4.29. The van der Waals surface area contributed by atoms with E-state index in [1.165, 1.54) is 0 Å². The minimum Gasteiger partial charge on any atom is -0.398 e. The molecule has 0 aliphatic carbocycles. The topological polar surface area (TPSA) is 64.9 Å². The lowest BCUT2D eigenvalue weighted by Gasteiger charge is -1.99. The van der Waals surface area contributed by atoms with Gasteiger partial charge in [0, 0.05) is 10.7 Å². The number of hydrogen-bond donors (Lipinski definition) is 1. The molecule has 0 aliphatic heterocycles. The van der Waals surface area contributed by atoms with Crippen LogP contribution < -0.4 is 5.73 Å². The fourth-order valence-corrected chi connectivity index (χ4v) is 2.03.